The number of nitrogens with zero attached hydrogens (tertiary/aromatic N) is 2. The minimum atomic E-state index is -0.0461. The van der Waals surface area contributed by atoms with Crippen molar-refractivity contribution >= 4 is 59.4 Å². The summed E-state index contributed by atoms with van der Waals surface area (Å²) in [5, 5.41) is 14.9. The van der Waals surface area contributed by atoms with Crippen molar-refractivity contribution in [2.75, 3.05) is 25.0 Å². The molecular formula is C19H20Br3N3O2. The van der Waals surface area contributed by atoms with Crippen LogP contribution in [0.3, 0.4) is 0 Å². The van der Waals surface area contributed by atoms with Gasteiger partial charge in [0.2, 0.25) is 5.91 Å². The van der Waals surface area contributed by atoms with E-state index >= 15 is 0 Å². The van der Waals surface area contributed by atoms with Crippen molar-refractivity contribution in [2.45, 2.75) is 25.7 Å². The summed E-state index contributed by atoms with van der Waals surface area (Å²) in [6.45, 7) is 3.92. The van der Waals surface area contributed by atoms with Crippen LogP contribution < -0.4 is 10.0 Å². The Morgan fingerprint density at radius 2 is 1.96 bits per heavy atom. The highest BCUT2D eigenvalue weighted by Gasteiger charge is 2.26. The lowest BCUT2D eigenvalue weighted by Crippen LogP contribution is -2.41. The molecule has 1 aromatic carbocycles. The van der Waals surface area contributed by atoms with Gasteiger partial charge in [-0.2, -0.15) is 4.73 Å². The van der Waals surface area contributed by atoms with Gasteiger partial charge in [-0.1, -0.05) is 22.0 Å². The lowest BCUT2D eigenvalue weighted by atomic mass is 9.93. The monoisotopic (exact) mass is 559 g/mol. The first-order valence-electron chi connectivity index (χ1n) is 8.71. The SMILES string of the molecule is Cc1c(Br)cc(Br)c(NC(=O)CN2CCC(c3cccc[n+]3[O-])CC2)c1Br. The molecule has 1 fully saturated rings. The van der Waals surface area contributed by atoms with E-state index in [4.69, 9.17) is 0 Å². The Morgan fingerprint density at radius 1 is 1.26 bits per heavy atom. The second-order valence-corrected chi connectivity index (χ2v) is 9.21. The average molecular weight is 562 g/mol. The van der Waals surface area contributed by atoms with Crippen molar-refractivity contribution in [3.63, 3.8) is 0 Å². The van der Waals surface area contributed by atoms with Crippen molar-refractivity contribution in [1.82, 2.24) is 4.90 Å². The predicted octanol–water partition coefficient (Wildman–Crippen LogP) is 4.73. The molecule has 2 aromatic rings. The van der Waals surface area contributed by atoms with Gasteiger partial charge in [-0.3, -0.25) is 9.69 Å². The van der Waals surface area contributed by atoms with Crippen molar-refractivity contribution in [3.8, 4) is 0 Å². The van der Waals surface area contributed by atoms with E-state index in [2.05, 4.69) is 58.0 Å². The number of rotatable bonds is 4. The fourth-order valence-electron chi connectivity index (χ4n) is 3.33. The lowest BCUT2D eigenvalue weighted by Gasteiger charge is -2.30. The molecule has 0 atom stereocenters. The van der Waals surface area contributed by atoms with E-state index in [9.17, 15) is 10.0 Å². The second-order valence-electron chi connectivity index (χ2n) is 6.70. The van der Waals surface area contributed by atoms with E-state index in [0.717, 1.165) is 61.0 Å². The number of hydrogen-bond acceptors (Lipinski definition) is 3. The molecule has 27 heavy (non-hydrogen) atoms. The smallest absolute Gasteiger partial charge is 0.238 e. The number of nitrogens with one attached hydrogen (secondary N) is 1. The number of aromatic nitrogens is 1. The highest BCUT2D eigenvalue weighted by atomic mass is 79.9. The molecule has 1 aliphatic rings. The summed E-state index contributed by atoms with van der Waals surface area (Å²) in [4.78, 5) is 14.7. The van der Waals surface area contributed by atoms with Gasteiger partial charge in [0.05, 0.1) is 12.2 Å². The summed E-state index contributed by atoms with van der Waals surface area (Å²) >= 11 is 10.6. The summed E-state index contributed by atoms with van der Waals surface area (Å²) < 4.78 is 3.61. The molecule has 1 saturated heterocycles. The summed E-state index contributed by atoms with van der Waals surface area (Å²) in [5.74, 6) is 0.204. The number of piperidine rings is 1. The Labute approximate surface area is 184 Å². The molecule has 2 heterocycles. The van der Waals surface area contributed by atoms with Gasteiger partial charge in [0.25, 0.3) is 0 Å². The molecule has 144 valence electrons. The molecule has 8 heteroatoms. The van der Waals surface area contributed by atoms with Gasteiger partial charge in [0.15, 0.2) is 11.9 Å². The van der Waals surface area contributed by atoms with Crippen LogP contribution in [0.2, 0.25) is 0 Å². The highest BCUT2D eigenvalue weighted by Crippen LogP contribution is 2.38. The topological polar surface area (TPSA) is 59.3 Å². The molecule has 0 unspecified atom stereocenters. The van der Waals surface area contributed by atoms with Crippen LogP contribution in [0.25, 0.3) is 0 Å². The van der Waals surface area contributed by atoms with Gasteiger partial charge in [-0.15, -0.1) is 0 Å². The number of pyridine rings is 1. The predicted molar refractivity (Wildman–Crippen MR) is 117 cm³/mol. The fraction of sp³-hybridized carbons (Fsp3) is 0.368. The Kier molecular flexibility index (Phi) is 6.94. The Bertz CT molecular complexity index is 852. The van der Waals surface area contributed by atoms with Crippen LogP contribution in [0.1, 0.15) is 30.0 Å². The highest BCUT2D eigenvalue weighted by molar-refractivity contribution is 9.11. The molecule has 0 radical (unpaired) electrons. The first-order valence-corrected chi connectivity index (χ1v) is 11.1. The van der Waals surface area contributed by atoms with Gasteiger partial charge in [0, 0.05) is 31.5 Å². The Hall–Kier alpha value is -0.960. The van der Waals surface area contributed by atoms with Gasteiger partial charge in [0.1, 0.15) is 0 Å². The van der Waals surface area contributed by atoms with Crippen LogP contribution in [0.15, 0.2) is 43.9 Å². The van der Waals surface area contributed by atoms with Crippen LogP contribution in [-0.2, 0) is 4.79 Å². The molecule has 3 rings (SSSR count). The first kappa shape index (κ1) is 20.8. The second kappa shape index (κ2) is 9.03. The average Bonchev–Trinajstić information content (AvgIpc) is 2.65. The third-order valence-electron chi connectivity index (χ3n) is 4.89. The molecule has 5 nitrogen and oxygen atoms in total. The molecular weight excluding hydrogens is 542 g/mol. The number of likely N-dealkylation sites (tertiary alicyclic amines) is 1. The maximum Gasteiger partial charge on any atom is 0.238 e. The van der Waals surface area contributed by atoms with E-state index in [-0.39, 0.29) is 11.8 Å². The summed E-state index contributed by atoms with van der Waals surface area (Å²) in [5.41, 5.74) is 2.59. The molecule has 0 bridgehead atoms. The van der Waals surface area contributed by atoms with Crippen molar-refractivity contribution in [1.29, 1.82) is 0 Å². The van der Waals surface area contributed by atoms with Crippen LogP contribution in [0.4, 0.5) is 5.69 Å². The normalized spacial score (nSPS) is 15.7. The van der Waals surface area contributed by atoms with Crippen molar-refractivity contribution in [2.24, 2.45) is 0 Å². The number of carbonyl (C=O) groups excluding carboxylic acids is 1. The van der Waals surface area contributed by atoms with E-state index < -0.39 is 0 Å². The standard InChI is InChI=1S/C19H20Br3N3O2/c1-12-14(20)10-15(21)19(18(12)22)23-17(26)11-24-8-5-13(6-9-24)16-4-2-3-7-25(16)27/h2-4,7,10,13H,5-6,8-9,11H2,1H3,(H,23,26). The van der Waals surface area contributed by atoms with Crippen LogP contribution >= 0.6 is 47.8 Å². The van der Waals surface area contributed by atoms with E-state index in [1.807, 2.05) is 25.1 Å². The van der Waals surface area contributed by atoms with Crippen molar-refractivity contribution in [3.05, 3.63) is 60.3 Å². The summed E-state index contributed by atoms with van der Waals surface area (Å²) in [6, 6.07) is 7.47. The van der Waals surface area contributed by atoms with Crippen LogP contribution in [-0.4, -0.2) is 30.4 Å². The number of hydrogen-bond donors (Lipinski definition) is 1. The fourth-order valence-corrected chi connectivity index (χ4v) is 5.65. The molecule has 1 N–H and O–H groups in total. The zero-order chi connectivity index (χ0) is 19.6. The third kappa shape index (κ3) is 4.91. The van der Waals surface area contributed by atoms with Crippen molar-refractivity contribution < 1.29 is 9.52 Å². The van der Waals surface area contributed by atoms with Gasteiger partial charge >= 0.3 is 0 Å². The number of anilines is 1. The van der Waals surface area contributed by atoms with Gasteiger partial charge in [-0.25, -0.2) is 0 Å². The Balaban J connectivity index is 1.58. The molecule has 1 aliphatic heterocycles. The lowest BCUT2D eigenvalue weighted by molar-refractivity contribution is -0.616. The van der Waals surface area contributed by atoms with Gasteiger partial charge < -0.3 is 10.5 Å². The zero-order valence-electron chi connectivity index (χ0n) is 14.8. The quantitative estimate of drug-likeness (QED) is 0.433. The number of halogens is 3. The molecule has 0 aliphatic carbocycles. The van der Waals surface area contributed by atoms with Gasteiger partial charge in [-0.05, 0) is 76.3 Å². The maximum atomic E-state index is 12.5. The summed E-state index contributed by atoms with van der Waals surface area (Å²) in [7, 11) is 0. The summed E-state index contributed by atoms with van der Waals surface area (Å²) in [6.07, 6.45) is 3.31. The number of amides is 1. The third-order valence-corrected chi connectivity index (χ3v) is 7.33. The number of benzene rings is 1. The minimum Gasteiger partial charge on any atom is -0.618 e. The first-order chi connectivity index (χ1) is 12.9. The molecule has 1 aromatic heterocycles. The van der Waals surface area contributed by atoms with E-state index in [0.29, 0.717) is 6.54 Å². The van der Waals surface area contributed by atoms with Crippen LogP contribution in [0.5, 0.6) is 0 Å². The minimum absolute atomic E-state index is 0.0461. The van der Waals surface area contributed by atoms with E-state index in [1.165, 1.54) is 0 Å². The molecule has 0 saturated carbocycles. The molecule has 0 spiro atoms. The van der Waals surface area contributed by atoms with Crippen LogP contribution in [0, 0.1) is 12.1 Å². The molecule has 1 amide bonds. The Morgan fingerprint density at radius 3 is 2.63 bits per heavy atom. The van der Waals surface area contributed by atoms with E-state index in [1.54, 1.807) is 12.3 Å². The number of carbonyl (C=O) groups is 1. The maximum absolute atomic E-state index is 12.5. The largest absolute Gasteiger partial charge is 0.618 e. The zero-order valence-corrected chi connectivity index (χ0v) is 19.6.